The van der Waals surface area contributed by atoms with Crippen LogP contribution < -0.4 is 21.5 Å². The molecule has 3 aromatic rings. The highest BCUT2D eigenvalue weighted by atomic mass is 19.1. The summed E-state index contributed by atoms with van der Waals surface area (Å²) in [7, 11) is 0. The van der Waals surface area contributed by atoms with Crippen molar-refractivity contribution in [3.8, 4) is 11.5 Å². The molecule has 1 aromatic carbocycles. The van der Waals surface area contributed by atoms with Crippen molar-refractivity contribution in [3.05, 3.63) is 52.7 Å². The third kappa shape index (κ3) is 5.34. The van der Waals surface area contributed by atoms with E-state index in [1.165, 1.54) is 37.5 Å². The summed E-state index contributed by atoms with van der Waals surface area (Å²) in [5.74, 6) is 6.57. The Hall–Kier alpha value is -3.20. The van der Waals surface area contributed by atoms with Crippen molar-refractivity contribution in [3.63, 3.8) is 0 Å². The van der Waals surface area contributed by atoms with Gasteiger partial charge in [0.05, 0.1) is 0 Å². The Bertz CT molecular complexity index is 1130. The van der Waals surface area contributed by atoms with E-state index in [0.29, 0.717) is 17.9 Å². The molecule has 1 saturated carbocycles. The first kappa shape index (κ1) is 22.0. The third-order valence-electron chi connectivity index (χ3n) is 5.60. The van der Waals surface area contributed by atoms with E-state index >= 15 is 0 Å². The predicted molar refractivity (Wildman–Crippen MR) is 123 cm³/mol. The highest BCUT2D eigenvalue weighted by molar-refractivity contribution is 5.77. The van der Waals surface area contributed by atoms with E-state index in [9.17, 15) is 9.18 Å². The van der Waals surface area contributed by atoms with Gasteiger partial charge in [0.1, 0.15) is 0 Å². The van der Waals surface area contributed by atoms with Crippen LogP contribution in [0.5, 0.6) is 11.5 Å². The van der Waals surface area contributed by atoms with Crippen LogP contribution in [-0.4, -0.2) is 45.7 Å². The normalized spacial score (nSPS) is 13.6. The minimum atomic E-state index is -0.611. The SMILES string of the molecule is CCCN(CCNc1ncc2cc(Oc3ccccc3F)c(=O)n(N)c2n1)CCC1CC1. The van der Waals surface area contributed by atoms with Crippen molar-refractivity contribution >= 4 is 17.0 Å². The number of fused-ring (bicyclic) bond motifs is 1. The van der Waals surface area contributed by atoms with Crippen LogP contribution in [0.2, 0.25) is 0 Å². The summed E-state index contributed by atoms with van der Waals surface area (Å²) < 4.78 is 20.2. The molecular weight excluding hydrogens is 411 g/mol. The first-order valence-corrected chi connectivity index (χ1v) is 11.1. The van der Waals surface area contributed by atoms with E-state index < -0.39 is 11.4 Å². The highest BCUT2D eigenvalue weighted by Crippen LogP contribution is 2.32. The quantitative estimate of drug-likeness (QED) is 0.441. The maximum atomic E-state index is 13.9. The average Bonchev–Trinajstić information content (AvgIpc) is 3.62. The maximum Gasteiger partial charge on any atom is 0.313 e. The second-order valence-corrected chi connectivity index (χ2v) is 8.19. The fourth-order valence-corrected chi connectivity index (χ4v) is 3.65. The predicted octanol–water partition coefficient (Wildman–Crippen LogP) is 3.36. The zero-order valence-electron chi connectivity index (χ0n) is 18.3. The van der Waals surface area contributed by atoms with Gasteiger partial charge in [-0.3, -0.25) is 4.79 Å². The molecule has 1 aliphatic carbocycles. The second kappa shape index (κ2) is 9.95. The Morgan fingerprint density at radius 3 is 2.81 bits per heavy atom. The molecule has 3 N–H and O–H groups in total. The number of anilines is 1. The molecule has 4 rings (SSSR count). The van der Waals surface area contributed by atoms with Crippen molar-refractivity contribution in [1.82, 2.24) is 19.5 Å². The maximum absolute atomic E-state index is 13.9. The lowest BCUT2D eigenvalue weighted by molar-refractivity contribution is 0.275. The molecule has 32 heavy (non-hydrogen) atoms. The van der Waals surface area contributed by atoms with E-state index in [-0.39, 0.29) is 17.1 Å². The Morgan fingerprint density at radius 1 is 1.25 bits per heavy atom. The molecule has 1 fully saturated rings. The number of para-hydroxylation sites is 1. The molecule has 0 amide bonds. The van der Waals surface area contributed by atoms with Gasteiger partial charge in [0.25, 0.3) is 0 Å². The molecule has 0 bridgehead atoms. The topological polar surface area (TPSA) is 98.3 Å². The van der Waals surface area contributed by atoms with Crippen LogP contribution in [0.1, 0.15) is 32.6 Å². The summed E-state index contributed by atoms with van der Waals surface area (Å²) in [6.45, 7) is 5.97. The van der Waals surface area contributed by atoms with Gasteiger partial charge in [0, 0.05) is 24.7 Å². The van der Waals surface area contributed by atoms with E-state index in [0.717, 1.165) is 36.6 Å². The molecule has 2 heterocycles. The molecule has 8 nitrogen and oxygen atoms in total. The average molecular weight is 441 g/mol. The molecular formula is C23H29FN6O2. The van der Waals surface area contributed by atoms with Gasteiger partial charge < -0.3 is 20.8 Å². The molecule has 0 atom stereocenters. The van der Waals surface area contributed by atoms with E-state index in [4.69, 9.17) is 10.6 Å². The summed E-state index contributed by atoms with van der Waals surface area (Å²) in [5, 5.41) is 3.74. The Labute approximate surface area is 186 Å². The number of nitrogens with one attached hydrogen (secondary N) is 1. The smallest absolute Gasteiger partial charge is 0.313 e. The highest BCUT2D eigenvalue weighted by Gasteiger charge is 2.21. The zero-order valence-corrected chi connectivity index (χ0v) is 18.3. The number of hydrogen-bond donors (Lipinski definition) is 2. The summed E-state index contributed by atoms with van der Waals surface area (Å²) in [6.07, 6.45) is 6.70. The number of nitrogen functional groups attached to an aromatic ring is 1. The van der Waals surface area contributed by atoms with Gasteiger partial charge >= 0.3 is 5.56 Å². The fourth-order valence-electron chi connectivity index (χ4n) is 3.65. The molecule has 1 aliphatic rings. The molecule has 9 heteroatoms. The lowest BCUT2D eigenvalue weighted by atomic mass is 10.2. The van der Waals surface area contributed by atoms with Gasteiger partial charge in [-0.2, -0.15) is 4.98 Å². The lowest BCUT2D eigenvalue weighted by Gasteiger charge is -2.21. The van der Waals surface area contributed by atoms with Crippen molar-refractivity contribution in [2.45, 2.75) is 32.6 Å². The van der Waals surface area contributed by atoms with Crippen LogP contribution in [-0.2, 0) is 0 Å². The van der Waals surface area contributed by atoms with Crippen molar-refractivity contribution in [2.75, 3.05) is 37.3 Å². The van der Waals surface area contributed by atoms with Gasteiger partial charge in [-0.15, -0.1) is 0 Å². The molecule has 0 unspecified atom stereocenters. The van der Waals surface area contributed by atoms with Crippen molar-refractivity contribution in [1.29, 1.82) is 0 Å². The first-order chi connectivity index (χ1) is 15.5. The third-order valence-corrected chi connectivity index (χ3v) is 5.60. The van der Waals surface area contributed by atoms with E-state index in [1.54, 1.807) is 18.3 Å². The van der Waals surface area contributed by atoms with Crippen LogP contribution in [0, 0.1) is 11.7 Å². The van der Waals surface area contributed by atoms with Gasteiger partial charge in [-0.1, -0.05) is 31.9 Å². The Balaban J connectivity index is 1.44. The number of halogens is 1. The number of benzene rings is 1. The molecule has 170 valence electrons. The number of pyridine rings is 1. The Morgan fingerprint density at radius 2 is 2.06 bits per heavy atom. The summed E-state index contributed by atoms with van der Waals surface area (Å²) in [4.78, 5) is 23.8. The Kier molecular flexibility index (Phi) is 6.84. The van der Waals surface area contributed by atoms with Crippen molar-refractivity contribution in [2.24, 2.45) is 5.92 Å². The largest absolute Gasteiger partial charge is 0.448 e. The number of nitrogens with zero attached hydrogens (tertiary/aromatic N) is 4. The van der Waals surface area contributed by atoms with Crippen LogP contribution in [0.4, 0.5) is 10.3 Å². The molecule has 0 spiro atoms. The molecule has 0 saturated heterocycles. The second-order valence-electron chi connectivity index (χ2n) is 8.19. The molecule has 0 radical (unpaired) electrons. The first-order valence-electron chi connectivity index (χ1n) is 11.1. The van der Waals surface area contributed by atoms with Crippen LogP contribution >= 0.6 is 0 Å². The summed E-state index contributed by atoms with van der Waals surface area (Å²) in [5.41, 5.74) is -0.341. The van der Waals surface area contributed by atoms with Gasteiger partial charge in [0.15, 0.2) is 23.0 Å². The monoisotopic (exact) mass is 440 g/mol. The standard InChI is InChI=1S/C23H29FN6O2/c1-2-11-29(12-9-16-7-8-16)13-10-26-23-27-15-17-14-20(22(31)30(25)21(17)28-23)32-19-6-4-3-5-18(19)24/h3-6,14-16H,2,7-13,25H2,1H3,(H,26,27,28). The molecule has 0 aliphatic heterocycles. The van der Waals surface area contributed by atoms with Crippen LogP contribution in [0.3, 0.4) is 0 Å². The van der Waals surface area contributed by atoms with Crippen LogP contribution in [0.15, 0.2) is 41.3 Å². The molecule has 2 aromatic heterocycles. The number of ether oxygens (including phenoxy) is 1. The van der Waals surface area contributed by atoms with Gasteiger partial charge in [-0.25, -0.2) is 14.1 Å². The lowest BCUT2D eigenvalue weighted by Crippen LogP contribution is -2.31. The minimum Gasteiger partial charge on any atom is -0.448 e. The van der Waals surface area contributed by atoms with E-state index in [2.05, 4.69) is 27.1 Å². The number of rotatable bonds is 11. The van der Waals surface area contributed by atoms with Crippen LogP contribution in [0.25, 0.3) is 11.0 Å². The summed E-state index contributed by atoms with van der Waals surface area (Å²) in [6, 6.07) is 7.33. The van der Waals surface area contributed by atoms with Gasteiger partial charge in [0.2, 0.25) is 5.95 Å². The summed E-state index contributed by atoms with van der Waals surface area (Å²) >= 11 is 0. The minimum absolute atomic E-state index is 0.0542. The number of nitrogens with two attached hydrogens (primary N) is 1. The number of aromatic nitrogens is 3. The fraction of sp³-hybridized carbons (Fsp3) is 0.435. The zero-order chi connectivity index (χ0) is 22.5. The number of hydrogen-bond acceptors (Lipinski definition) is 7. The van der Waals surface area contributed by atoms with Gasteiger partial charge in [-0.05, 0) is 50.0 Å². The van der Waals surface area contributed by atoms with Crippen molar-refractivity contribution < 1.29 is 9.13 Å². The van der Waals surface area contributed by atoms with E-state index in [1.807, 2.05) is 0 Å².